The molecule has 0 aliphatic rings. The summed E-state index contributed by atoms with van der Waals surface area (Å²) in [6.45, 7) is 9.32. The van der Waals surface area contributed by atoms with Crippen LogP contribution in [0.25, 0.3) is 0 Å². The largest absolute Gasteiger partial charge is 0.488 e. The molecule has 0 fully saturated rings. The Morgan fingerprint density at radius 2 is 1.20 bits per heavy atom. The second-order valence-corrected chi connectivity index (χ2v) is 12.3. The summed E-state index contributed by atoms with van der Waals surface area (Å²) >= 11 is 0. The van der Waals surface area contributed by atoms with Crippen molar-refractivity contribution < 1.29 is 33.9 Å². The molecule has 11 heteroatoms. The van der Waals surface area contributed by atoms with Crippen molar-refractivity contribution in [3.05, 3.63) is 102 Å². The van der Waals surface area contributed by atoms with Gasteiger partial charge >= 0.3 is 13.2 Å². The van der Waals surface area contributed by atoms with E-state index in [1.54, 1.807) is 38.1 Å². The number of amides is 3. The third kappa shape index (κ3) is 12.3. The number of hydrogen-bond donors (Lipinski definition) is 5. The molecule has 240 valence electrons. The van der Waals surface area contributed by atoms with Crippen LogP contribution < -0.4 is 20.7 Å². The molecular weight excluding hydrogens is 573 g/mol. The average molecular weight is 618 g/mol. The van der Waals surface area contributed by atoms with Gasteiger partial charge < -0.3 is 35.5 Å². The first-order chi connectivity index (χ1) is 21.3. The number of ether oxygens (including phenoxy) is 2. The molecule has 0 aliphatic heterocycles. The third-order valence-electron chi connectivity index (χ3n) is 6.87. The van der Waals surface area contributed by atoms with E-state index in [-0.39, 0.29) is 25.4 Å². The molecule has 3 amide bonds. The first-order valence-corrected chi connectivity index (χ1v) is 15.1. The minimum absolute atomic E-state index is 0.0202. The molecule has 0 unspecified atom stereocenters. The van der Waals surface area contributed by atoms with Crippen molar-refractivity contribution in [2.24, 2.45) is 5.92 Å². The summed E-state index contributed by atoms with van der Waals surface area (Å²) < 4.78 is 11.3. The number of benzene rings is 3. The maximum absolute atomic E-state index is 13.7. The Hall–Kier alpha value is -4.35. The monoisotopic (exact) mass is 617 g/mol. The highest BCUT2D eigenvalue weighted by Gasteiger charge is 2.33. The SMILES string of the molecule is CC(C)[C@H](NC(=O)[C@H](Cc1ccc(OC(C)(C)C)cc1)NC(=O)[C@H](Cc1ccccc1)NC(=O)OCc1ccccc1)B(O)O. The number of alkyl carbamates (subject to hydrolysis) is 1. The molecule has 0 bridgehead atoms. The zero-order chi connectivity index (χ0) is 33.0. The standard InChI is InChI=1S/C34H44BN3O7/c1-23(2)30(35(42)43)38-32(40)28(21-25-16-18-27(19-17-25)45-34(3,4)5)36-31(39)29(20-24-12-8-6-9-13-24)37-33(41)44-22-26-14-10-7-11-15-26/h6-19,23,28-30,42-43H,20-22H2,1-5H3,(H,36,39)(H,37,41)(H,38,40)/t28-,29-,30-/m0/s1. The van der Waals surface area contributed by atoms with Gasteiger partial charge in [-0.15, -0.1) is 0 Å². The van der Waals surface area contributed by atoms with E-state index in [9.17, 15) is 24.4 Å². The van der Waals surface area contributed by atoms with Crippen molar-refractivity contribution in [3.63, 3.8) is 0 Å². The van der Waals surface area contributed by atoms with Crippen LogP contribution in [-0.4, -0.2) is 58.7 Å². The highest BCUT2D eigenvalue weighted by molar-refractivity contribution is 6.43. The van der Waals surface area contributed by atoms with Gasteiger partial charge in [-0.25, -0.2) is 4.79 Å². The molecule has 3 aromatic rings. The van der Waals surface area contributed by atoms with Crippen molar-refractivity contribution in [3.8, 4) is 5.75 Å². The summed E-state index contributed by atoms with van der Waals surface area (Å²) in [7, 11) is -1.80. The summed E-state index contributed by atoms with van der Waals surface area (Å²) in [5, 5.41) is 27.8. The topological polar surface area (TPSA) is 146 Å². The fraction of sp³-hybridized carbons (Fsp3) is 0.382. The molecule has 45 heavy (non-hydrogen) atoms. The molecule has 0 saturated carbocycles. The third-order valence-corrected chi connectivity index (χ3v) is 6.87. The van der Waals surface area contributed by atoms with Crippen LogP contribution in [-0.2, 0) is 33.8 Å². The van der Waals surface area contributed by atoms with E-state index < -0.39 is 48.7 Å². The van der Waals surface area contributed by atoms with Gasteiger partial charge in [-0.05, 0) is 55.5 Å². The smallest absolute Gasteiger partial charge is 0.475 e. The number of rotatable bonds is 14. The molecule has 0 aromatic heterocycles. The molecule has 10 nitrogen and oxygen atoms in total. The molecule has 3 rings (SSSR count). The van der Waals surface area contributed by atoms with Gasteiger partial charge in [-0.1, -0.05) is 86.6 Å². The van der Waals surface area contributed by atoms with Crippen LogP contribution in [0.15, 0.2) is 84.9 Å². The van der Waals surface area contributed by atoms with Crippen LogP contribution in [0.2, 0.25) is 0 Å². The number of carbonyl (C=O) groups is 3. The van der Waals surface area contributed by atoms with Crippen molar-refractivity contribution in [1.29, 1.82) is 0 Å². The van der Waals surface area contributed by atoms with E-state index in [0.29, 0.717) is 5.75 Å². The Labute approximate surface area is 265 Å². The molecule has 3 aromatic carbocycles. The summed E-state index contributed by atoms with van der Waals surface area (Å²) in [6.07, 6.45) is -0.547. The Morgan fingerprint density at radius 3 is 1.71 bits per heavy atom. The van der Waals surface area contributed by atoms with Crippen molar-refractivity contribution >= 4 is 25.0 Å². The van der Waals surface area contributed by atoms with E-state index in [2.05, 4.69) is 16.0 Å². The Morgan fingerprint density at radius 1 is 0.711 bits per heavy atom. The fourth-order valence-electron chi connectivity index (χ4n) is 4.58. The maximum Gasteiger partial charge on any atom is 0.475 e. The van der Waals surface area contributed by atoms with Gasteiger partial charge in [-0.3, -0.25) is 9.59 Å². The summed E-state index contributed by atoms with van der Waals surface area (Å²) in [6, 6.07) is 23.3. The van der Waals surface area contributed by atoms with E-state index in [1.165, 1.54) is 0 Å². The molecular formula is C34H44BN3O7. The summed E-state index contributed by atoms with van der Waals surface area (Å²) in [5.41, 5.74) is 1.92. The van der Waals surface area contributed by atoms with Crippen LogP contribution in [0.1, 0.15) is 51.3 Å². The van der Waals surface area contributed by atoms with E-state index in [4.69, 9.17) is 9.47 Å². The predicted molar refractivity (Wildman–Crippen MR) is 173 cm³/mol. The lowest BCUT2D eigenvalue weighted by Crippen LogP contribution is -2.58. The quantitative estimate of drug-likeness (QED) is 0.174. The number of hydrogen-bond acceptors (Lipinski definition) is 7. The van der Waals surface area contributed by atoms with Crippen molar-refractivity contribution in [2.75, 3.05) is 0 Å². The van der Waals surface area contributed by atoms with Crippen molar-refractivity contribution in [1.82, 2.24) is 16.0 Å². The van der Waals surface area contributed by atoms with Gasteiger partial charge in [0.2, 0.25) is 11.8 Å². The van der Waals surface area contributed by atoms with Crippen LogP contribution >= 0.6 is 0 Å². The van der Waals surface area contributed by atoms with Gasteiger partial charge in [0.1, 0.15) is 30.0 Å². The minimum Gasteiger partial charge on any atom is -0.488 e. The fourth-order valence-corrected chi connectivity index (χ4v) is 4.58. The first kappa shape index (κ1) is 35.1. The highest BCUT2D eigenvalue weighted by atomic mass is 16.5. The van der Waals surface area contributed by atoms with E-state index in [1.807, 2.05) is 81.4 Å². The van der Waals surface area contributed by atoms with Crippen LogP contribution in [0.5, 0.6) is 5.75 Å². The normalized spacial score (nSPS) is 13.2. The van der Waals surface area contributed by atoms with Gasteiger partial charge in [0.15, 0.2) is 0 Å². The Kier molecular flexibility index (Phi) is 13.0. The lowest BCUT2D eigenvalue weighted by atomic mass is 9.73. The van der Waals surface area contributed by atoms with Gasteiger partial charge in [0.05, 0.1) is 5.94 Å². The van der Waals surface area contributed by atoms with E-state index in [0.717, 1.165) is 16.7 Å². The molecule has 0 aliphatic carbocycles. The van der Waals surface area contributed by atoms with E-state index >= 15 is 0 Å². The Balaban J connectivity index is 1.82. The average Bonchev–Trinajstić information content (AvgIpc) is 2.99. The second kappa shape index (κ2) is 16.7. The van der Waals surface area contributed by atoms with Crippen LogP contribution in [0.4, 0.5) is 4.79 Å². The maximum atomic E-state index is 13.7. The molecule has 0 spiro atoms. The lowest BCUT2D eigenvalue weighted by Gasteiger charge is -2.27. The second-order valence-electron chi connectivity index (χ2n) is 12.3. The molecule has 3 atom stereocenters. The van der Waals surface area contributed by atoms with Gasteiger partial charge in [-0.2, -0.15) is 0 Å². The van der Waals surface area contributed by atoms with Crippen LogP contribution in [0.3, 0.4) is 0 Å². The molecule has 0 radical (unpaired) electrons. The highest BCUT2D eigenvalue weighted by Crippen LogP contribution is 2.19. The Bertz CT molecular complexity index is 1360. The zero-order valence-electron chi connectivity index (χ0n) is 26.5. The predicted octanol–water partition coefficient (Wildman–Crippen LogP) is 3.58. The van der Waals surface area contributed by atoms with Gasteiger partial charge in [0, 0.05) is 12.8 Å². The van der Waals surface area contributed by atoms with Gasteiger partial charge in [0.25, 0.3) is 0 Å². The number of carbonyl (C=O) groups excluding carboxylic acids is 3. The number of nitrogens with one attached hydrogen (secondary N) is 3. The minimum atomic E-state index is -1.80. The lowest BCUT2D eigenvalue weighted by molar-refractivity contribution is -0.130. The summed E-state index contributed by atoms with van der Waals surface area (Å²) in [5.74, 6) is -1.82. The molecule has 0 heterocycles. The molecule has 0 saturated heterocycles. The van der Waals surface area contributed by atoms with Crippen LogP contribution in [0, 0.1) is 5.92 Å². The molecule has 5 N–H and O–H groups in total. The summed E-state index contributed by atoms with van der Waals surface area (Å²) in [4.78, 5) is 40.1. The zero-order valence-corrected chi connectivity index (χ0v) is 26.5. The van der Waals surface area contributed by atoms with Crippen molar-refractivity contribution in [2.45, 2.75) is 77.7 Å². The first-order valence-electron chi connectivity index (χ1n) is 15.1.